The van der Waals surface area contributed by atoms with Crippen molar-refractivity contribution in [1.29, 1.82) is 0 Å². The molecule has 0 aliphatic rings. The van der Waals surface area contributed by atoms with Gasteiger partial charge >= 0.3 is 11.9 Å². The van der Waals surface area contributed by atoms with Crippen molar-refractivity contribution in [1.82, 2.24) is 0 Å². The van der Waals surface area contributed by atoms with E-state index in [1.54, 1.807) is 0 Å². The number of carbonyl (C=O) groups excluding carboxylic acids is 2. The lowest BCUT2D eigenvalue weighted by Crippen LogP contribution is -2.29. The van der Waals surface area contributed by atoms with Gasteiger partial charge in [-0.3, -0.25) is 9.59 Å². The number of rotatable bonds is 53. The second-order valence-corrected chi connectivity index (χ2v) is 19.2. The van der Waals surface area contributed by atoms with E-state index in [1.165, 1.54) is 199 Å². The summed E-state index contributed by atoms with van der Waals surface area (Å²) in [6.45, 7) is 7.67. The van der Waals surface area contributed by atoms with Crippen molar-refractivity contribution in [3.63, 3.8) is 0 Å². The van der Waals surface area contributed by atoms with Crippen molar-refractivity contribution in [3.05, 3.63) is 60.8 Å². The molecule has 5 nitrogen and oxygen atoms in total. The van der Waals surface area contributed by atoms with E-state index < -0.39 is 6.10 Å². The second kappa shape index (κ2) is 56.9. The molecule has 5 heteroatoms. The lowest BCUT2D eigenvalue weighted by Gasteiger charge is -2.18. The van der Waals surface area contributed by atoms with Gasteiger partial charge in [-0.1, -0.05) is 293 Å². The summed E-state index contributed by atoms with van der Waals surface area (Å²) in [7, 11) is 0. The van der Waals surface area contributed by atoms with Gasteiger partial charge in [0.25, 0.3) is 0 Å². The standard InChI is InChI=1S/C61H110O5/c1-4-7-10-13-16-19-22-25-28-30-32-35-38-41-44-47-50-53-56-64-57-59(66-61(63)55-52-49-46-43-40-37-33-27-24-21-18-15-12-9-6-3)58-65-60(62)54-51-48-45-42-39-36-34-31-29-26-23-20-17-14-11-8-5-2/h9,12,18,21,27,33,40,43,49,52,59H,4-8,10-11,13-17,19-20,22-26,28-32,34-39,41-42,44-48,50-51,53-58H2,1-3H3/b12-9-,21-18-,33-27-,43-40-,52-49-. The number of esters is 2. The third-order valence-corrected chi connectivity index (χ3v) is 12.6. The molecule has 1 unspecified atom stereocenters. The molecule has 0 aromatic carbocycles. The van der Waals surface area contributed by atoms with Crippen molar-refractivity contribution in [2.24, 2.45) is 0 Å². The van der Waals surface area contributed by atoms with E-state index in [2.05, 4.69) is 69.4 Å². The molecule has 0 saturated carbocycles. The maximum Gasteiger partial charge on any atom is 0.310 e. The Labute approximate surface area is 411 Å². The molecule has 0 bridgehead atoms. The highest BCUT2D eigenvalue weighted by Crippen LogP contribution is 2.17. The zero-order valence-electron chi connectivity index (χ0n) is 44.2. The zero-order valence-corrected chi connectivity index (χ0v) is 44.2. The summed E-state index contributed by atoms with van der Waals surface area (Å²) in [5.41, 5.74) is 0. The largest absolute Gasteiger partial charge is 0.462 e. The molecule has 0 saturated heterocycles. The van der Waals surface area contributed by atoms with Gasteiger partial charge < -0.3 is 14.2 Å². The number of carbonyl (C=O) groups is 2. The Morgan fingerprint density at radius 3 is 1.03 bits per heavy atom. The summed E-state index contributed by atoms with van der Waals surface area (Å²) in [4.78, 5) is 25.4. The monoisotopic (exact) mass is 923 g/mol. The molecule has 0 N–H and O–H groups in total. The molecule has 66 heavy (non-hydrogen) atoms. The SMILES string of the molecule is CC/C=C\C/C=C\C/C=C\C/C=C\C/C=C\CC(=O)OC(COCCCCCCCCCCCCCCCCCCCC)COC(=O)CCCCCCCCCCCCCCCCCCC. The highest BCUT2D eigenvalue weighted by atomic mass is 16.6. The van der Waals surface area contributed by atoms with Gasteiger partial charge in [-0.2, -0.15) is 0 Å². The predicted molar refractivity (Wildman–Crippen MR) is 288 cm³/mol. The molecular formula is C61H110O5. The first-order chi connectivity index (χ1) is 32.6. The van der Waals surface area contributed by atoms with Crippen molar-refractivity contribution < 1.29 is 23.8 Å². The number of allylic oxidation sites excluding steroid dienone is 9. The van der Waals surface area contributed by atoms with E-state index in [0.29, 0.717) is 13.0 Å². The first kappa shape index (κ1) is 63.6. The fourth-order valence-corrected chi connectivity index (χ4v) is 8.35. The van der Waals surface area contributed by atoms with Crippen molar-refractivity contribution >= 4 is 11.9 Å². The number of hydrogen-bond donors (Lipinski definition) is 0. The first-order valence-corrected chi connectivity index (χ1v) is 28.8. The van der Waals surface area contributed by atoms with Crippen LogP contribution in [-0.4, -0.2) is 37.9 Å². The fourth-order valence-electron chi connectivity index (χ4n) is 8.35. The summed E-state index contributed by atoms with van der Waals surface area (Å²) in [6.07, 6.45) is 72.7. The minimum Gasteiger partial charge on any atom is -0.462 e. The molecule has 0 heterocycles. The Bertz CT molecular complexity index is 1130. The van der Waals surface area contributed by atoms with Crippen LogP contribution in [0.3, 0.4) is 0 Å². The fraction of sp³-hybridized carbons (Fsp3) is 0.803. The third kappa shape index (κ3) is 54.2. The van der Waals surface area contributed by atoms with Crippen LogP contribution >= 0.6 is 0 Å². The minimum absolute atomic E-state index is 0.0499. The van der Waals surface area contributed by atoms with Crippen LogP contribution in [0.5, 0.6) is 0 Å². The van der Waals surface area contributed by atoms with Crippen LogP contribution in [0.1, 0.15) is 290 Å². The highest BCUT2D eigenvalue weighted by Gasteiger charge is 2.17. The molecular weight excluding hydrogens is 813 g/mol. The quantitative estimate of drug-likeness (QED) is 0.0346. The zero-order chi connectivity index (χ0) is 47.7. The van der Waals surface area contributed by atoms with Crippen LogP contribution in [-0.2, 0) is 23.8 Å². The van der Waals surface area contributed by atoms with Crippen LogP contribution in [0.25, 0.3) is 0 Å². The second-order valence-electron chi connectivity index (χ2n) is 19.2. The van der Waals surface area contributed by atoms with E-state index in [0.717, 1.165) is 57.8 Å². The average molecular weight is 924 g/mol. The van der Waals surface area contributed by atoms with Crippen molar-refractivity contribution in [3.8, 4) is 0 Å². The maximum absolute atomic E-state index is 12.8. The minimum atomic E-state index is -0.588. The molecule has 0 aromatic rings. The van der Waals surface area contributed by atoms with Crippen LogP contribution in [0.15, 0.2) is 60.8 Å². The van der Waals surface area contributed by atoms with Gasteiger partial charge in [0.2, 0.25) is 0 Å². The van der Waals surface area contributed by atoms with E-state index in [9.17, 15) is 9.59 Å². The Hall–Kier alpha value is -2.40. The lowest BCUT2D eigenvalue weighted by atomic mass is 10.0. The Balaban J connectivity index is 4.32. The molecule has 0 fully saturated rings. The van der Waals surface area contributed by atoms with Crippen LogP contribution in [0.4, 0.5) is 0 Å². The van der Waals surface area contributed by atoms with Gasteiger partial charge in [0.05, 0.1) is 13.0 Å². The third-order valence-electron chi connectivity index (χ3n) is 12.6. The van der Waals surface area contributed by atoms with Gasteiger partial charge in [-0.15, -0.1) is 0 Å². The van der Waals surface area contributed by atoms with Gasteiger partial charge in [-0.05, 0) is 44.9 Å². The lowest BCUT2D eigenvalue weighted by molar-refractivity contribution is -0.162. The molecule has 384 valence electrons. The van der Waals surface area contributed by atoms with E-state index >= 15 is 0 Å². The molecule has 0 amide bonds. The molecule has 1 atom stereocenters. The van der Waals surface area contributed by atoms with Crippen molar-refractivity contribution in [2.45, 2.75) is 297 Å². The van der Waals surface area contributed by atoms with Crippen LogP contribution < -0.4 is 0 Å². The number of hydrogen-bond acceptors (Lipinski definition) is 5. The normalized spacial score (nSPS) is 12.6. The predicted octanol–water partition coefficient (Wildman–Crippen LogP) is 19.7. The van der Waals surface area contributed by atoms with Crippen molar-refractivity contribution in [2.75, 3.05) is 19.8 Å². The van der Waals surface area contributed by atoms with E-state index in [4.69, 9.17) is 14.2 Å². The van der Waals surface area contributed by atoms with Gasteiger partial charge in [0.15, 0.2) is 6.10 Å². The smallest absolute Gasteiger partial charge is 0.310 e. The Morgan fingerprint density at radius 2 is 0.667 bits per heavy atom. The van der Waals surface area contributed by atoms with Gasteiger partial charge in [-0.25, -0.2) is 0 Å². The summed E-state index contributed by atoms with van der Waals surface area (Å²) >= 11 is 0. The van der Waals surface area contributed by atoms with Gasteiger partial charge in [0, 0.05) is 13.0 Å². The highest BCUT2D eigenvalue weighted by molar-refractivity contribution is 5.71. The molecule has 0 spiro atoms. The number of ether oxygens (including phenoxy) is 3. The first-order valence-electron chi connectivity index (χ1n) is 28.8. The van der Waals surface area contributed by atoms with E-state index in [1.807, 2.05) is 12.2 Å². The maximum atomic E-state index is 12.8. The molecule has 0 rings (SSSR count). The Morgan fingerprint density at radius 1 is 0.348 bits per heavy atom. The number of unbranched alkanes of at least 4 members (excludes halogenated alkanes) is 33. The molecule has 0 radical (unpaired) electrons. The summed E-state index contributed by atoms with van der Waals surface area (Å²) in [5.74, 6) is -0.527. The topological polar surface area (TPSA) is 61.8 Å². The average Bonchev–Trinajstić information content (AvgIpc) is 3.32. The Kier molecular flexibility index (Phi) is 54.9. The summed E-state index contributed by atoms with van der Waals surface area (Å²) in [6, 6.07) is 0. The summed E-state index contributed by atoms with van der Waals surface area (Å²) in [5, 5.41) is 0. The molecule has 0 aromatic heterocycles. The van der Waals surface area contributed by atoms with E-state index in [-0.39, 0.29) is 31.6 Å². The van der Waals surface area contributed by atoms with Crippen LogP contribution in [0.2, 0.25) is 0 Å². The molecule has 0 aliphatic carbocycles. The van der Waals surface area contributed by atoms with Gasteiger partial charge in [0.1, 0.15) is 6.61 Å². The molecule has 0 aliphatic heterocycles. The summed E-state index contributed by atoms with van der Waals surface area (Å²) < 4.78 is 17.4. The van der Waals surface area contributed by atoms with Crippen LogP contribution in [0, 0.1) is 0 Å².